The fourth-order valence-corrected chi connectivity index (χ4v) is 2.09. The molecule has 0 fully saturated rings. The van der Waals surface area contributed by atoms with Gasteiger partial charge in [-0.25, -0.2) is 9.07 Å². The number of para-hydroxylation sites is 1. The number of benzene rings is 2. The van der Waals surface area contributed by atoms with Gasteiger partial charge in [-0.2, -0.15) is 0 Å². The summed E-state index contributed by atoms with van der Waals surface area (Å²) in [5, 5.41) is 8.19. The molecule has 1 heterocycles. The summed E-state index contributed by atoms with van der Waals surface area (Å²) in [5.74, 6) is 0.460. The second-order valence-corrected chi connectivity index (χ2v) is 4.68. The number of hydrogen-bond donors (Lipinski definition) is 0. The molecule has 4 nitrogen and oxygen atoms in total. The van der Waals surface area contributed by atoms with Crippen molar-refractivity contribution in [1.82, 2.24) is 15.0 Å². The van der Waals surface area contributed by atoms with Gasteiger partial charge in [0.05, 0.1) is 19.0 Å². The Morgan fingerprint density at radius 3 is 2.71 bits per heavy atom. The third-order valence-corrected chi connectivity index (χ3v) is 3.30. The molecular formula is C16H14FN3O. The van der Waals surface area contributed by atoms with E-state index in [4.69, 9.17) is 4.74 Å². The van der Waals surface area contributed by atoms with Gasteiger partial charge >= 0.3 is 0 Å². The van der Waals surface area contributed by atoms with Gasteiger partial charge in [-0.15, -0.1) is 5.10 Å². The van der Waals surface area contributed by atoms with Crippen LogP contribution in [0.15, 0.2) is 48.7 Å². The minimum Gasteiger partial charge on any atom is -0.496 e. The molecule has 0 atom stereocenters. The number of ether oxygens (including phenoxy) is 1. The molecule has 21 heavy (non-hydrogen) atoms. The molecule has 0 spiro atoms. The molecule has 0 bridgehead atoms. The summed E-state index contributed by atoms with van der Waals surface area (Å²) in [4.78, 5) is 0. The Morgan fingerprint density at radius 2 is 1.95 bits per heavy atom. The maximum absolute atomic E-state index is 13.6. The molecule has 0 amide bonds. The van der Waals surface area contributed by atoms with Gasteiger partial charge in [-0.1, -0.05) is 23.4 Å². The number of halogens is 1. The van der Waals surface area contributed by atoms with Crippen LogP contribution in [0.4, 0.5) is 4.39 Å². The van der Waals surface area contributed by atoms with Crippen LogP contribution in [0.5, 0.6) is 5.75 Å². The zero-order valence-corrected chi connectivity index (χ0v) is 11.7. The van der Waals surface area contributed by atoms with Crippen molar-refractivity contribution < 1.29 is 9.13 Å². The van der Waals surface area contributed by atoms with Gasteiger partial charge in [0.1, 0.15) is 17.3 Å². The summed E-state index contributed by atoms with van der Waals surface area (Å²) in [5.41, 5.74) is 2.75. The third kappa shape index (κ3) is 2.50. The topological polar surface area (TPSA) is 39.9 Å². The largest absolute Gasteiger partial charge is 0.496 e. The lowest BCUT2D eigenvalue weighted by atomic mass is 10.1. The fraction of sp³-hybridized carbons (Fsp3) is 0.125. The quantitative estimate of drug-likeness (QED) is 0.739. The number of rotatable bonds is 3. The van der Waals surface area contributed by atoms with Crippen LogP contribution in [0.1, 0.15) is 5.56 Å². The van der Waals surface area contributed by atoms with E-state index in [2.05, 4.69) is 10.3 Å². The first-order chi connectivity index (χ1) is 10.2. The highest BCUT2D eigenvalue weighted by molar-refractivity contribution is 5.66. The Hall–Kier alpha value is -2.69. The standard InChI is InChI=1S/C16H14FN3O/c1-11-7-8-12(9-14(11)17)20-10-15(18-19-20)13-5-3-4-6-16(13)21-2/h3-10H,1-2H3. The molecule has 1 aromatic heterocycles. The lowest BCUT2D eigenvalue weighted by Crippen LogP contribution is -1.96. The van der Waals surface area contributed by atoms with Gasteiger partial charge in [0.25, 0.3) is 0 Å². The highest BCUT2D eigenvalue weighted by atomic mass is 19.1. The molecule has 3 aromatic rings. The van der Waals surface area contributed by atoms with E-state index in [-0.39, 0.29) is 5.82 Å². The zero-order valence-electron chi connectivity index (χ0n) is 11.7. The number of methoxy groups -OCH3 is 1. The van der Waals surface area contributed by atoms with Crippen molar-refractivity contribution in [3.63, 3.8) is 0 Å². The second kappa shape index (κ2) is 5.36. The van der Waals surface area contributed by atoms with Crippen molar-refractivity contribution in [2.24, 2.45) is 0 Å². The minimum atomic E-state index is -0.262. The number of aromatic nitrogens is 3. The predicted octanol–water partition coefficient (Wildman–Crippen LogP) is 3.39. The van der Waals surface area contributed by atoms with E-state index < -0.39 is 0 Å². The van der Waals surface area contributed by atoms with Crippen LogP contribution >= 0.6 is 0 Å². The average Bonchev–Trinajstić information content (AvgIpc) is 2.99. The smallest absolute Gasteiger partial charge is 0.128 e. The Labute approximate surface area is 121 Å². The van der Waals surface area contributed by atoms with Gasteiger partial charge in [0.2, 0.25) is 0 Å². The van der Waals surface area contributed by atoms with Gasteiger partial charge < -0.3 is 4.74 Å². The van der Waals surface area contributed by atoms with Crippen molar-refractivity contribution in [2.45, 2.75) is 6.92 Å². The Morgan fingerprint density at radius 1 is 1.14 bits per heavy atom. The van der Waals surface area contributed by atoms with Crippen molar-refractivity contribution in [1.29, 1.82) is 0 Å². The van der Waals surface area contributed by atoms with E-state index in [1.54, 1.807) is 37.0 Å². The lowest BCUT2D eigenvalue weighted by molar-refractivity contribution is 0.416. The van der Waals surface area contributed by atoms with E-state index in [1.807, 2.05) is 24.3 Å². The Bertz CT molecular complexity index is 783. The molecule has 0 aliphatic carbocycles. The van der Waals surface area contributed by atoms with E-state index in [1.165, 1.54) is 6.07 Å². The lowest BCUT2D eigenvalue weighted by Gasteiger charge is -2.04. The molecule has 106 valence electrons. The van der Waals surface area contributed by atoms with Crippen molar-refractivity contribution in [2.75, 3.05) is 7.11 Å². The summed E-state index contributed by atoms with van der Waals surface area (Å²) in [7, 11) is 1.61. The maximum atomic E-state index is 13.6. The molecule has 0 aliphatic rings. The van der Waals surface area contributed by atoms with Crippen LogP contribution in [-0.4, -0.2) is 22.1 Å². The van der Waals surface area contributed by atoms with Crippen LogP contribution in [0.3, 0.4) is 0 Å². The molecule has 0 saturated carbocycles. The molecule has 0 saturated heterocycles. The van der Waals surface area contributed by atoms with Crippen molar-refractivity contribution >= 4 is 0 Å². The number of nitrogens with zero attached hydrogens (tertiary/aromatic N) is 3. The fourth-order valence-electron chi connectivity index (χ4n) is 2.09. The molecule has 3 rings (SSSR count). The Kier molecular flexibility index (Phi) is 3.39. The second-order valence-electron chi connectivity index (χ2n) is 4.68. The van der Waals surface area contributed by atoms with Gasteiger partial charge in [-0.05, 0) is 36.8 Å². The number of hydrogen-bond acceptors (Lipinski definition) is 3. The normalized spacial score (nSPS) is 10.6. The molecule has 0 N–H and O–H groups in total. The van der Waals surface area contributed by atoms with Gasteiger partial charge in [0.15, 0.2) is 0 Å². The van der Waals surface area contributed by atoms with Gasteiger partial charge in [0, 0.05) is 5.56 Å². The maximum Gasteiger partial charge on any atom is 0.128 e. The SMILES string of the molecule is COc1ccccc1-c1cn(-c2ccc(C)c(F)c2)nn1. The first kappa shape index (κ1) is 13.3. The molecule has 0 radical (unpaired) electrons. The van der Waals surface area contributed by atoms with E-state index in [0.29, 0.717) is 16.9 Å². The Balaban J connectivity index is 2.01. The van der Waals surface area contributed by atoms with Gasteiger partial charge in [-0.3, -0.25) is 0 Å². The summed E-state index contributed by atoms with van der Waals surface area (Å²) in [6.45, 7) is 1.72. The molecule has 2 aromatic carbocycles. The average molecular weight is 283 g/mol. The van der Waals surface area contributed by atoms with E-state index in [0.717, 1.165) is 11.3 Å². The summed E-state index contributed by atoms with van der Waals surface area (Å²) in [6.07, 6.45) is 1.75. The monoisotopic (exact) mass is 283 g/mol. The summed E-state index contributed by atoms with van der Waals surface area (Å²) in [6, 6.07) is 12.5. The van der Waals surface area contributed by atoms with Crippen LogP contribution in [-0.2, 0) is 0 Å². The highest BCUT2D eigenvalue weighted by Gasteiger charge is 2.10. The van der Waals surface area contributed by atoms with Crippen LogP contribution < -0.4 is 4.74 Å². The summed E-state index contributed by atoms with van der Waals surface area (Å²) >= 11 is 0. The van der Waals surface area contributed by atoms with Crippen LogP contribution in [0.2, 0.25) is 0 Å². The summed E-state index contributed by atoms with van der Waals surface area (Å²) < 4.78 is 20.5. The van der Waals surface area contributed by atoms with Crippen LogP contribution in [0.25, 0.3) is 16.9 Å². The minimum absolute atomic E-state index is 0.262. The highest BCUT2D eigenvalue weighted by Crippen LogP contribution is 2.28. The van der Waals surface area contributed by atoms with Crippen molar-refractivity contribution in [3.05, 3.63) is 60.0 Å². The molecular weight excluding hydrogens is 269 g/mol. The van der Waals surface area contributed by atoms with E-state index in [9.17, 15) is 4.39 Å². The number of aryl methyl sites for hydroxylation is 1. The first-order valence-corrected chi connectivity index (χ1v) is 6.51. The molecule has 5 heteroatoms. The zero-order chi connectivity index (χ0) is 14.8. The van der Waals surface area contributed by atoms with E-state index >= 15 is 0 Å². The van der Waals surface area contributed by atoms with Crippen LogP contribution in [0, 0.1) is 12.7 Å². The predicted molar refractivity (Wildman–Crippen MR) is 78.0 cm³/mol. The third-order valence-electron chi connectivity index (χ3n) is 3.30. The molecule has 0 aliphatic heterocycles. The molecule has 0 unspecified atom stereocenters. The first-order valence-electron chi connectivity index (χ1n) is 6.51. The van der Waals surface area contributed by atoms with Crippen molar-refractivity contribution in [3.8, 4) is 22.7 Å².